The van der Waals surface area contributed by atoms with E-state index in [2.05, 4.69) is 5.16 Å². The van der Waals surface area contributed by atoms with Crippen LogP contribution >= 0.6 is 11.6 Å². The van der Waals surface area contributed by atoms with Crippen molar-refractivity contribution in [3.8, 4) is 0 Å². The third-order valence-corrected chi connectivity index (χ3v) is 2.27. The summed E-state index contributed by atoms with van der Waals surface area (Å²) in [7, 11) is 0. The normalized spacial score (nSPS) is 11.5. The lowest BCUT2D eigenvalue weighted by molar-refractivity contribution is -0.152. The smallest absolute Gasteiger partial charge is 0.347 e. The first-order chi connectivity index (χ1) is 8.49. The van der Waals surface area contributed by atoms with Crippen molar-refractivity contribution in [2.45, 2.75) is 26.9 Å². The molecule has 5 heteroatoms. The molecule has 0 aliphatic carbocycles. The van der Waals surface area contributed by atoms with E-state index < -0.39 is 5.97 Å². The number of ether oxygens (including phenoxy) is 1. The van der Waals surface area contributed by atoms with Gasteiger partial charge in [0.1, 0.15) is 0 Å². The van der Waals surface area contributed by atoms with E-state index in [0.29, 0.717) is 10.7 Å². The number of oxime groups is 1. The highest BCUT2D eigenvalue weighted by Gasteiger charge is 2.05. The van der Waals surface area contributed by atoms with E-state index >= 15 is 0 Å². The fraction of sp³-hybridized carbons (Fsp3) is 0.385. The molecule has 4 nitrogen and oxygen atoms in total. The summed E-state index contributed by atoms with van der Waals surface area (Å²) in [6.07, 6.45) is -0.151. The molecule has 0 aromatic heterocycles. The Morgan fingerprint density at radius 3 is 2.50 bits per heavy atom. The van der Waals surface area contributed by atoms with Crippen LogP contribution in [0.25, 0.3) is 0 Å². The van der Waals surface area contributed by atoms with Crippen LogP contribution in [0.5, 0.6) is 0 Å². The summed E-state index contributed by atoms with van der Waals surface area (Å²) < 4.78 is 4.90. The van der Waals surface area contributed by atoms with Crippen LogP contribution in [0.4, 0.5) is 0 Å². The summed E-state index contributed by atoms with van der Waals surface area (Å²) >= 11 is 5.78. The van der Waals surface area contributed by atoms with E-state index in [1.165, 1.54) is 0 Å². The Hall–Kier alpha value is -1.55. The number of halogens is 1. The number of carbonyl (C=O) groups is 1. The first kappa shape index (κ1) is 14.5. The topological polar surface area (TPSA) is 47.9 Å². The van der Waals surface area contributed by atoms with Crippen LogP contribution in [0.2, 0.25) is 5.02 Å². The predicted octanol–water partition coefficient (Wildman–Crippen LogP) is 3.03. The lowest BCUT2D eigenvalue weighted by Gasteiger charge is -2.07. The third-order valence-electron chi connectivity index (χ3n) is 2.01. The van der Waals surface area contributed by atoms with Gasteiger partial charge in [-0.1, -0.05) is 28.9 Å². The van der Waals surface area contributed by atoms with Gasteiger partial charge in [0, 0.05) is 5.02 Å². The average molecular weight is 270 g/mol. The second kappa shape index (κ2) is 7.01. The lowest BCUT2D eigenvalue weighted by atomic mass is 10.1. The van der Waals surface area contributed by atoms with Crippen LogP contribution in [0, 0.1) is 0 Å². The molecular formula is C13H16ClNO3. The minimum atomic E-state index is -0.433. The van der Waals surface area contributed by atoms with Crippen molar-refractivity contribution in [2.24, 2.45) is 5.16 Å². The molecule has 1 aromatic carbocycles. The van der Waals surface area contributed by atoms with Gasteiger partial charge in [0.15, 0.2) is 0 Å². The summed E-state index contributed by atoms with van der Waals surface area (Å²) in [5.74, 6) is -0.433. The molecule has 0 heterocycles. The molecule has 0 spiro atoms. The van der Waals surface area contributed by atoms with Crippen molar-refractivity contribution in [3.05, 3.63) is 34.9 Å². The van der Waals surface area contributed by atoms with E-state index in [9.17, 15) is 4.79 Å². The summed E-state index contributed by atoms with van der Waals surface area (Å²) in [6.45, 7) is 5.15. The third kappa shape index (κ3) is 5.19. The zero-order valence-electron chi connectivity index (χ0n) is 10.6. The standard InChI is InChI=1S/C13H16ClNO3/c1-9(2)18-13(16)8-17-15-10(3)11-4-6-12(14)7-5-11/h4-7,9H,8H2,1-3H3/b15-10+. The molecule has 0 saturated heterocycles. The molecule has 1 rings (SSSR count). The maximum Gasteiger partial charge on any atom is 0.347 e. The summed E-state index contributed by atoms with van der Waals surface area (Å²) in [4.78, 5) is 16.1. The average Bonchev–Trinajstić information content (AvgIpc) is 2.28. The second-order valence-electron chi connectivity index (χ2n) is 4.00. The second-order valence-corrected chi connectivity index (χ2v) is 4.43. The van der Waals surface area contributed by atoms with Crippen molar-refractivity contribution in [2.75, 3.05) is 6.61 Å². The molecule has 0 radical (unpaired) electrons. The van der Waals surface area contributed by atoms with Crippen molar-refractivity contribution >= 4 is 23.3 Å². The minimum Gasteiger partial charge on any atom is -0.460 e. The molecule has 0 aliphatic heterocycles. The zero-order chi connectivity index (χ0) is 13.5. The number of esters is 1. The molecule has 0 N–H and O–H groups in total. The van der Waals surface area contributed by atoms with Crippen molar-refractivity contribution < 1.29 is 14.4 Å². The van der Waals surface area contributed by atoms with Crippen LogP contribution in [0.3, 0.4) is 0 Å². The fourth-order valence-corrected chi connectivity index (χ4v) is 1.35. The Kier molecular flexibility index (Phi) is 5.65. The molecule has 0 saturated carbocycles. The number of nitrogens with zero attached hydrogens (tertiary/aromatic N) is 1. The Morgan fingerprint density at radius 1 is 1.33 bits per heavy atom. The molecule has 0 aliphatic rings. The Labute approximate surface area is 112 Å². The van der Waals surface area contributed by atoms with Crippen molar-refractivity contribution in [1.29, 1.82) is 0 Å². The lowest BCUT2D eigenvalue weighted by Crippen LogP contribution is -2.16. The molecule has 98 valence electrons. The maximum absolute atomic E-state index is 11.2. The SMILES string of the molecule is C/C(=N\OCC(=O)OC(C)C)c1ccc(Cl)cc1. The summed E-state index contributed by atoms with van der Waals surface area (Å²) in [5, 5.41) is 4.50. The number of hydrogen-bond donors (Lipinski definition) is 0. The summed E-state index contributed by atoms with van der Waals surface area (Å²) in [5.41, 5.74) is 1.56. The molecular weight excluding hydrogens is 254 g/mol. The van der Waals surface area contributed by atoms with E-state index in [1.807, 2.05) is 12.1 Å². The van der Waals surface area contributed by atoms with Gasteiger partial charge in [-0.15, -0.1) is 0 Å². The minimum absolute atomic E-state index is 0.151. The number of benzene rings is 1. The van der Waals surface area contributed by atoms with Crippen LogP contribution in [0.15, 0.2) is 29.4 Å². The molecule has 0 bridgehead atoms. The first-order valence-corrected chi connectivity index (χ1v) is 5.99. The van der Waals surface area contributed by atoms with Crippen LogP contribution in [-0.2, 0) is 14.4 Å². The summed E-state index contributed by atoms with van der Waals surface area (Å²) in [6, 6.07) is 7.19. The van der Waals surface area contributed by atoms with E-state index in [1.54, 1.807) is 32.9 Å². The van der Waals surface area contributed by atoms with E-state index in [0.717, 1.165) is 5.56 Å². The van der Waals surface area contributed by atoms with Crippen molar-refractivity contribution in [3.63, 3.8) is 0 Å². The largest absolute Gasteiger partial charge is 0.460 e. The highest BCUT2D eigenvalue weighted by atomic mass is 35.5. The number of carbonyl (C=O) groups excluding carboxylic acids is 1. The molecule has 18 heavy (non-hydrogen) atoms. The van der Waals surface area contributed by atoms with Crippen molar-refractivity contribution in [1.82, 2.24) is 0 Å². The van der Waals surface area contributed by atoms with Crippen LogP contribution in [0.1, 0.15) is 26.3 Å². The monoisotopic (exact) mass is 269 g/mol. The molecule has 0 amide bonds. The molecule has 0 fully saturated rings. The van der Waals surface area contributed by atoms with Crippen LogP contribution < -0.4 is 0 Å². The Bertz CT molecular complexity index is 426. The van der Waals surface area contributed by atoms with Gasteiger partial charge in [0.25, 0.3) is 0 Å². The van der Waals surface area contributed by atoms with E-state index in [-0.39, 0.29) is 12.7 Å². The van der Waals surface area contributed by atoms with Gasteiger partial charge in [-0.2, -0.15) is 0 Å². The highest BCUT2D eigenvalue weighted by Crippen LogP contribution is 2.10. The van der Waals surface area contributed by atoms with Gasteiger partial charge in [0.2, 0.25) is 6.61 Å². The first-order valence-electron chi connectivity index (χ1n) is 5.61. The quantitative estimate of drug-likeness (QED) is 0.469. The molecule has 0 unspecified atom stereocenters. The van der Waals surface area contributed by atoms with Gasteiger partial charge in [-0.25, -0.2) is 4.79 Å². The molecule has 1 aromatic rings. The number of hydrogen-bond acceptors (Lipinski definition) is 4. The Balaban J connectivity index is 2.47. The zero-order valence-corrected chi connectivity index (χ0v) is 11.4. The highest BCUT2D eigenvalue weighted by molar-refractivity contribution is 6.30. The predicted molar refractivity (Wildman–Crippen MR) is 70.8 cm³/mol. The van der Waals surface area contributed by atoms with Crippen LogP contribution in [-0.4, -0.2) is 24.4 Å². The van der Waals surface area contributed by atoms with Gasteiger partial charge < -0.3 is 9.57 Å². The van der Waals surface area contributed by atoms with Gasteiger partial charge in [-0.05, 0) is 38.5 Å². The molecule has 0 atom stereocenters. The number of rotatable bonds is 5. The van der Waals surface area contributed by atoms with Gasteiger partial charge >= 0.3 is 5.97 Å². The maximum atomic E-state index is 11.2. The van der Waals surface area contributed by atoms with Gasteiger partial charge in [0.05, 0.1) is 11.8 Å². The van der Waals surface area contributed by atoms with Gasteiger partial charge in [-0.3, -0.25) is 0 Å². The Morgan fingerprint density at radius 2 is 1.94 bits per heavy atom. The fourth-order valence-electron chi connectivity index (χ4n) is 1.22. The van der Waals surface area contributed by atoms with E-state index in [4.69, 9.17) is 21.2 Å².